The third-order valence-electron chi connectivity index (χ3n) is 2.14. The molecule has 1 aromatic heterocycles. The van der Waals surface area contributed by atoms with Crippen molar-refractivity contribution in [2.45, 2.75) is 33.1 Å². The Labute approximate surface area is 96.8 Å². The molecule has 0 bridgehead atoms. The second-order valence-electron chi connectivity index (χ2n) is 3.53. The SMILES string of the molecule is CCCCCOc1ccc(N)c(OCC)n1. The lowest BCUT2D eigenvalue weighted by molar-refractivity contribution is 0.281. The van der Waals surface area contributed by atoms with Gasteiger partial charge in [0, 0.05) is 6.07 Å². The van der Waals surface area contributed by atoms with Gasteiger partial charge in [0.2, 0.25) is 11.8 Å². The van der Waals surface area contributed by atoms with Crippen molar-refractivity contribution in [2.75, 3.05) is 18.9 Å². The van der Waals surface area contributed by atoms with E-state index in [1.54, 1.807) is 12.1 Å². The maximum Gasteiger partial charge on any atom is 0.240 e. The van der Waals surface area contributed by atoms with Gasteiger partial charge in [-0.05, 0) is 19.4 Å². The summed E-state index contributed by atoms with van der Waals surface area (Å²) < 4.78 is 10.8. The maximum atomic E-state index is 5.71. The minimum absolute atomic E-state index is 0.454. The van der Waals surface area contributed by atoms with Crippen LogP contribution in [0.3, 0.4) is 0 Å². The first-order valence-electron chi connectivity index (χ1n) is 5.80. The molecule has 0 unspecified atom stereocenters. The van der Waals surface area contributed by atoms with Crippen LogP contribution in [0, 0.1) is 0 Å². The van der Waals surface area contributed by atoms with Gasteiger partial charge in [0.05, 0.1) is 18.9 Å². The fraction of sp³-hybridized carbons (Fsp3) is 0.583. The van der Waals surface area contributed by atoms with E-state index in [-0.39, 0.29) is 0 Å². The summed E-state index contributed by atoms with van der Waals surface area (Å²) in [7, 11) is 0. The highest BCUT2D eigenvalue weighted by Gasteiger charge is 2.04. The van der Waals surface area contributed by atoms with Crippen LogP contribution in [0.4, 0.5) is 5.69 Å². The summed E-state index contributed by atoms with van der Waals surface area (Å²) in [6.07, 6.45) is 3.41. The summed E-state index contributed by atoms with van der Waals surface area (Å²) in [6.45, 7) is 5.30. The quantitative estimate of drug-likeness (QED) is 0.723. The number of unbranched alkanes of at least 4 members (excludes halogenated alkanes) is 2. The van der Waals surface area contributed by atoms with E-state index in [9.17, 15) is 0 Å². The lowest BCUT2D eigenvalue weighted by Crippen LogP contribution is -2.03. The molecule has 90 valence electrons. The number of nitrogens with zero attached hydrogens (tertiary/aromatic N) is 1. The molecule has 4 heteroatoms. The number of hydrogen-bond donors (Lipinski definition) is 1. The molecule has 4 nitrogen and oxygen atoms in total. The molecule has 0 saturated carbocycles. The first kappa shape index (κ1) is 12.6. The summed E-state index contributed by atoms with van der Waals surface area (Å²) in [6, 6.07) is 3.52. The van der Waals surface area contributed by atoms with Crippen molar-refractivity contribution in [1.82, 2.24) is 4.98 Å². The topological polar surface area (TPSA) is 57.4 Å². The Balaban J connectivity index is 2.50. The molecule has 16 heavy (non-hydrogen) atoms. The van der Waals surface area contributed by atoms with Gasteiger partial charge < -0.3 is 15.2 Å². The third kappa shape index (κ3) is 3.96. The van der Waals surface area contributed by atoms with Gasteiger partial charge in [0.25, 0.3) is 0 Å². The third-order valence-corrected chi connectivity index (χ3v) is 2.14. The van der Waals surface area contributed by atoms with Crippen molar-refractivity contribution in [3.63, 3.8) is 0 Å². The number of nitrogens with two attached hydrogens (primary N) is 1. The molecule has 1 rings (SSSR count). The van der Waals surface area contributed by atoms with Crippen molar-refractivity contribution in [3.8, 4) is 11.8 Å². The number of rotatable bonds is 7. The van der Waals surface area contributed by atoms with Crippen LogP contribution in [-0.4, -0.2) is 18.2 Å². The van der Waals surface area contributed by atoms with Crippen LogP contribution in [-0.2, 0) is 0 Å². The van der Waals surface area contributed by atoms with Crippen LogP contribution < -0.4 is 15.2 Å². The van der Waals surface area contributed by atoms with Crippen molar-refractivity contribution in [2.24, 2.45) is 0 Å². The van der Waals surface area contributed by atoms with Gasteiger partial charge in [-0.2, -0.15) is 4.98 Å². The fourth-order valence-electron chi connectivity index (χ4n) is 1.30. The second kappa shape index (κ2) is 6.93. The average molecular weight is 224 g/mol. The fourth-order valence-corrected chi connectivity index (χ4v) is 1.30. The summed E-state index contributed by atoms with van der Waals surface area (Å²) in [5, 5.41) is 0. The number of nitrogen functional groups attached to an aromatic ring is 1. The van der Waals surface area contributed by atoms with Gasteiger partial charge >= 0.3 is 0 Å². The van der Waals surface area contributed by atoms with E-state index in [4.69, 9.17) is 15.2 Å². The Morgan fingerprint density at radius 1 is 1.19 bits per heavy atom. The molecule has 0 radical (unpaired) electrons. The van der Waals surface area contributed by atoms with E-state index in [1.807, 2.05) is 6.92 Å². The highest BCUT2D eigenvalue weighted by Crippen LogP contribution is 2.22. The number of pyridine rings is 1. The monoisotopic (exact) mass is 224 g/mol. The molecule has 0 amide bonds. The van der Waals surface area contributed by atoms with E-state index in [1.165, 1.54) is 12.8 Å². The Morgan fingerprint density at radius 2 is 2.00 bits per heavy atom. The Morgan fingerprint density at radius 3 is 2.69 bits per heavy atom. The first-order valence-corrected chi connectivity index (χ1v) is 5.80. The van der Waals surface area contributed by atoms with E-state index < -0.39 is 0 Å². The smallest absolute Gasteiger partial charge is 0.240 e. The van der Waals surface area contributed by atoms with Gasteiger partial charge in [-0.25, -0.2) is 0 Å². The van der Waals surface area contributed by atoms with E-state index in [2.05, 4.69) is 11.9 Å². The summed E-state index contributed by atoms with van der Waals surface area (Å²) in [5.41, 5.74) is 6.25. The maximum absolute atomic E-state index is 5.71. The van der Waals surface area contributed by atoms with Gasteiger partial charge in [-0.3, -0.25) is 0 Å². The number of anilines is 1. The summed E-state index contributed by atoms with van der Waals surface area (Å²) >= 11 is 0. The molecule has 0 aliphatic heterocycles. The van der Waals surface area contributed by atoms with Crippen LogP contribution in [0.2, 0.25) is 0 Å². The summed E-state index contributed by atoms with van der Waals surface area (Å²) in [5.74, 6) is 1.03. The van der Waals surface area contributed by atoms with Crippen LogP contribution >= 0.6 is 0 Å². The second-order valence-corrected chi connectivity index (χ2v) is 3.53. The van der Waals surface area contributed by atoms with E-state index >= 15 is 0 Å². The zero-order chi connectivity index (χ0) is 11.8. The molecule has 1 heterocycles. The van der Waals surface area contributed by atoms with Crippen LogP contribution in [0.1, 0.15) is 33.1 Å². The zero-order valence-corrected chi connectivity index (χ0v) is 10.0. The molecule has 0 fully saturated rings. The highest BCUT2D eigenvalue weighted by molar-refractivity contribution is 5.49. The van der Waals surface area contributed by atoms with Crippen molar-refractivity contribution < 1.29 is 9.47 Å². The van der Waals surface area contributed by atoms with Crippen LogP contribution in [0.5, 0.6) is 11.8 Å². The predicted molar refractivity (Wildman–Crippen MR) is 64.8 cm³/mol. The molecule has 0 atom stereocenters. The minimum atomic E-state index is 0.454. The first-order chi connectivity index (χ1) is 7.77. The van der Waals surface area contributed by atoms with Gasteiger partial charge in [0.15, 0.2) is 0 Å². The number of aromatic nitrogens is 1. The molecule has 0 spiro atoms. The van der Waals surface area contributed by atoms with Gasteiger partial charge in [-0.1, -0.05) is 19.8 Å². The van der Waals surface area contributed by atoms with E-state index in [0.717, 1.165) is 6.42 Å². The van der Waals surface area contributed by atoms with Crippen molar-refractivity contribution in [3.05, 3.63) is 12.1 Å². The number of hydrogen-bond acceptors (Lipinski definition) is 4. The standard InChI is InChI=1S/C12H20N2O2/c1-3-5-6-9-16-11-8-7-10(13)12(14-11)15-4-2/h7-8H,3-6,9,13H2,1-2H3. The van der Waals surface area contributed by atoms with Crippen LogP contribution in [0.25, 0.3) is 0 Å². The Hall–Kier alpha value is -1.45. The highest BCUT2D eigenvalue weighted by atomic mass is 16.5. The van der Waals surface area contributed by atoms with Gasteiger partial charge in [0.1, 0.15) is 0 Å². The predicted octanol–water partition coefficient (Wildman–Crippen LogP) is 2.63. The molecule has 0 aromatic carbocycles. The average Bonchev–Trinajstić information content (AvgIpc) is 2.29. The molecular weight excluding hydrogens is 204 g/mol. The van der Waals surface area contributed by atoms with E-state index in [0.29, 0.717) is 30.7 Å². The molecule has 0 aliphatic carbocycles. The van der Waals surface area contributed by atoms with Crippen LogP contribution in [0.15, 0.2) is 12.1 Å². The van der Waals surface area contributed by atoms with Crippen molar-refractivity contribution >= 4 is 5.69 Å². The number of ether oxygens (including phenoxy) is 2. The minimum Gasteiger partial charge on any atom is -0.478 e. The largest absolute Gasteiger partial charge is 0.478 e. The molecule has 0 aliphatic rings. The van der Waals surface area contributed by atoms with Gasteiger partial charge in [-0.15, -0.1) is 0 Å². The molecule has 1 aromatic rings. The summed E-state index contributed by atoms with van der Waals surface area (Å²) in [4.78, 5) is 4.19. The Kier molecular flexibility index (Phi) is 5.46. The lowest BCUT2D eigenvalue weighted by atomic mass is 10.3. The molecule has 2 N–H and O–H groups in total. The molecular formula is C12H20N2O2. The molecule has 0 saturated heterocycles. The van der Waals surface area contributed by atoms with Crippen molar-refractivity contribution in [1.29, 1.82) is 0 Å². The zero-order valence-electron chi connectivity index (χ0n) is 10.0. The lowest BCUT2D eigenvalue weighted by Gasteiger charge is -2.09. The normalized spacial score (nSPS) is 10.1. The Bertz CT molecular complexity index is 316.